The Balaban J connectivity index is 1.52. The molecule has 2 amide bonds. The van der Waals surface area contributed by atoms with Crippen LogP contribution in [0.4, 0.5) is 10.5 Å². The summed E-state index contributed by atoms with van der Waals surface area (Å²) in [6, 6.07) is 7.46. The molecule has 1 aromatic rings. The molecule has 3 rings (SSSR count). The van der Waals surface area contributed by atoms with E-state index < -0.39 is 10.0 Å². The lowest BCUT2D eigenvalue weighted by Gasteiger charge is -2.38. The minimum Gasteiger partial charge on any atom is -0.367 e. The fraction of sp³-hybridized carbons (Fsp3) is 0.588. The van der Waals surface area contributed by atoms with Crippen LogP contribution >= 0.6 is 11.6 Å². The van der Waals surface area contributed by atoms with Gasteiger partial charge < -0.3 is 15.1 Å². The molecule has 144 valence electrons. The smallest absolute Gasteiger partial charge is 0.317 e. The van der Waals surface area contributed by atoms with Gasteiger partial charge >= 0.3 is 6.03 Å². The average Bonchev–Trinajstić information content (AvgIpc) is 2.62. The Bertz CT molecular complexity index is 750. The summed E-state index contributed by atoms with van der Waals surface area (Å²) in [6.07, 6.45) is 2.78. The highest BCUT2D eigenvalue weighted by molar-refractivity contribution is 7.88. The number of nitrogens with one attached hydrogen (secondary N) is 1. The Labute approximate surface area is 159 Å². The van der Waals surface area contributed by atoms with Crippen LogP contribution in [0, 0.1) is 0 Å². The Kier molecular flexibility index (Phi) is 5.94. The summed E-state index contributed by atoms with van der Waals surface area (Å²) in [7, 11) is -3.21. The third-order valence-corrected chi connectivity index (χ3v) is 6.53. The standard InChI is InChI=1S/C17H25ClN4O3S/c1-26(24,25)22-8-4-5-14(13-22)19-17(23)21-11-9-20(10-12-21)16-7-3-2-6-15(16)18/h2-3,6-7,14H,4-5,8-13H2,1H3,(H,19,23). The zero-order valence-corrected chi connectivity index (χ0v) is 16.5. The number of urea groups is 1. The molecule has 0 radical (unpaired) electrons. The van der Waals surface area contributed by atoms with Crippen LogP contribution < -0.4 is 10.2 Å². The summed E-state index contributed by atoms with van der Waals surface area (Å²) in [5, 5.41) is 3.71. The largest absolute Gasteiger partial charge is 0.367 e. The molecule has 2 aliphatic rings. The molecule has 1 aromatic carbocycles. The molecule has 1 atom stereocenters. The highest BCUT2D eigenvalue weighted by Crippen LogP contribution is 2.26. The summed E-state index contributed by atoms with van der Waals surface area (Å²) >= 11 is 6.25. The van der Waals surface area contributed by atoms with E-state index in [1.807, 2.05) is 24.3 Å². The second-order valence-electron chi connectivity index (χ2n) is 6.84. The maximum Gasteiger partial charge on any atom is 0.317 e. The van der Waals surface area contributed by atoms with Crippen molar-refractivity contribution in [2.75, 3.05) is 50.4 Å². The Morgan fingerprint density at radius 2 is 1.85 bits per heavy atom. The number of nitrogens with zero attached hydrogens (tertiary/aromatic N) is 3. The van der Waals surface area contributed by atoms with Gasteiger partial charge in [0.1, 0.15) is 0 Å². The average molecular weight is 401 g/mol. The first-order valence-electron chi connectivity index (χ1n) is 8.84. The maximum atomic E-state index is 12.5. The number of halogens is 1. The van der Waals surface area contributed by atoms with E-state index in [0.29, 0.717) is 31.2 Å². The quantitative estimate of drug-likeness (QED) is 0.836. The predicted octanol–water partition coefficient (Wildman–Crippen LogP) is 1.60. The second kappa shape index (κ2) is 8.02. The molecule has 2 fully saturated rings. The van der Waals surface area contributed by atoms with Crippen molar-refractivity contribution in [3.8, 4) is 0 Å². The fourth-order valence-electron chi connectivity index (χ4n) is 3.49. The number of piperazine rings is 1. The number of rotatable bonds is 3. The molecule has 1 N–H and O–H groups in total. The number of hydrogen-bond acceptors (Lipinski definition) is 4. The van der Waals surface area contributed by atoms with Gasteiger partial charge in [-0.1, -0.05) is 23.7 Å². The molecule has 2 saturated heterocycles. The lowest BCUT2D eigenvalue weighted by molar-refractivity contribution is 0.183. The van der Waals surface area contributed by atoms with E-state index in [-0.39, 0.29) is 12.1 Å². The maximum absolute atomic E-state index is 12.5. The monoisotopic (exact) mass is 400 g/mol. The molecule has 0 aromatic heterocycles. The van der Waals surface area contributed by atoms with Crippen LogP contribution in [-0.2, 0) is 10.0 Å². The van der Waals surface area contributed by atoms with Crippen LogP contribution in [0.15, 0.2) is 24.3 Å². The molecule has 0 spiro atoms. The zero-order valence-electron chi connectivity index (χ0n) is 14.9. The number of piperidine rings is 1. The highest BCUT2D eigenvalue weighted by atomic mass is 35.5. The van der Waals surface area contributed by atoms with Crippen LogP contribution in [0.2, 0.25) is 5.02 Å². The summed E-state index contributed by atoms with van der Waals surface area (Å²) < 4.78 is 24.8. The van der Waals surface area contributed by atoms with Gasteiger partial charge in [-0.3, -0.25) is 0 Å². The fourth-order valence-corrected chi connectivity index (χ4v) is 4.65. The van der Waals surface area contributed by atoms with Crippen LogP contribution in [0.3, 0.4) is 0 Å². The number of amides is 2. The molecular weight excluding hydrogens is 376 g/mol. The van der Waals surface area contributed by atoms with Gasteiger partial charge in [0.25, 0.3) is 0 Å². The highest BCUT2D eigenvalue weighted by Gasteiger charge is 2.29. The molecule has 2 aliphatic heterocycles. The van der Waals surface area contributed by atoms with Crippen molar-refractivity contribution in [2.24, 2.45) is 0 Å². The zero-order chi connectivity index (χ0) is 18.7. The van der Waals surface area contributed by atoms with Crippen LogP contribution in [0.5, 0.6) is 0 Å². The number of hydrogen-bond donors (Lipinski definition) is 1. The molecule has 26 heavy (non-hydrogen) atoms. The van der Waals surface area contributed by atoms with Crippen LogP contribution in [0.1, 0.15) is 12.8 Å². The molecule has 0 aliphatic carbocycles. The van der Waals surface area contributed by atoms with Gasteiger partial charge in [0.15, 0.2) is 0 Å². The third kappa shape index (κ3) is 4.61. The number of para-hydroxylation sites is 1. The Morgan fingerprint density at radius 3 is 2.50 bits per heavy atom. The van der Waals surface area contributed by atoms with Crippen LogP contribution in [-0.4, -0.2) is 75.2 Å². The van der Waals surface area contributed by atoms with Gasteiger partial charge in [-0.15, -0.1) is 0 Å². The molecule has 7 nitrogen and oxygen atoms in total. The first-order chi connectivity index (χ1) is 12.3. The third-order valence-electron chi connectivity index (χ3n) is 4.94. The topological polar surface area (TPSA) is 73.0 Å². The van der Waals surface area contributed by atoms with Gasteiger partial charge in [0, 0.05) is 45.3 Å². The Morgan fingerprint density at radius 1 is 1.15 bits per heavy atom. The second-order valence-corrected chi connectivity index (χ2v) is 9.22. The molecule has 1 unspecified atom stereocenters. The SMILES string of the molecule is CS(=O)(=O)N1CCCC(NC(=O)N2CCN(c3ccccc3Cl)CC2)C1. The molecule has 9 heteroatoms. The van der Waals surface area contributed by atoms with Crippen molar-refractivity contribution in [1.82, 2.24) is 14.5 Å². The number of carbonyl (C=O) groups excluding carboxylic acids is 1. The summed E-state index contributed by atoms with van der Waals surface area (Å²) in [5.74, 6) is 0. The van der Waals surface area contributed by atoms with Crippen LogP contribution in [0.25, 0.3) is 0 Å². The Hall–Kier alpha value is -1.51. The summed E-state index contributed by atoms with van der Waals surface area (Å²) in [5.41, 5.74) is 0.991. The first kappa shape index (κ1) is 19.3. The molecule has 0 saturated carbocycles. The van der Waals surface area contributed by atoms with E-state index in [1.165, 1.54) is 10.6 Å². The van der Waals surface area contributed by atoms with Crippen molar-refractivity contribution in [2.45, 2.75) is 18.9 Å². The van der Waals surface area contributed by atoms with E-state index >= 15 is 0 Å². The van der Waals surface area contributed by atoms with Crippen molar-refractivity contribution in [3.63, 3.8) is 0 Å². The normalized spacial score (nSPS) is 22.3. The van der Waals surface area contributed by atoms with Gasteiger partial charge in [0.2, 0.25) is 10.0 Å². The van der Waals surface area contributed by atoms with E-state index in [9.17, 15) is 13.2 Å². The van der Waals surface area contributed by atoms with E-state index in [1.54, 1.807) is 4.90 Å². The van der Waals surface area contributed by atoms with Crippen molar-refractivity contribution in [1.29, 1.82) is 0 Å². The van der Waals surface area contributed by atoms with Gasteiger partial charge in [-0.05, 0) is 25.0 Å². The van der Waals surface area contributed by atoms with Crippen molar-refractivity contribution >= 4 is 33.3 Å². The van der Waals surface area contributed by atoms with E-state index in [2.05, 4.69) is 10.2 Å². The first-order valence-corrected chi connectivity index (χ1v) is 11.1. The summed E-state index contributed by atoms with van der Waals surface area (Å²) in [6.45, 7) is 3.54. The minimum atomic E-state index is -3.21. The molecule has 0 bridgehead atoms. The van der Waals surface area contributed by atoms with Gasteiger partial charge in [0.05, 0.1) is 17.0 Å². The number of benzene rings is 1. The van der Waals surface area contributed by atoms with E-state index in [0.717, 1.165) is 31.6 Å². The lowest BCUT2D eigenvalue weighted by atomic mass is 10.1. The molecular formula is C17H25ClN4O3S. The predicted molar refractivity (Wildman–Crippen MR) is 103 cm³/mol. The number of sulfonamides is 1. The van der Waals surface area contributed by atoms with Crippen molar-refractivity contribution in [3.05, 3.63) is 29.3 Å². The molecule has 2 heterocycles. The summed E-state index contributed by atoms with van der Waals surface area (Å²) in [4.78, 5) is 16.5. The van der Waals surface area contributed by atoms with Crippen molar-refractivity contribution < 1.29 is 13.2 Å². The number of anilines is 1. The number of carbonyl (C=O) groups is 1. The lowest BCUT2D eigenvalue weighted by Crippen LogP contribution is -2.56. The van der Waals surface area contributed by atoms with Gasteiger partial charge in [-0.2, -0.15) is 0 Å². The minimum absolute atomic E-state index is 0.121. The van der Waals surface area contributed by atoms with E-state index in [4.69, 9.17) is 11.6 Å². The van der Waals surface area contributed by atoms with Gasteiger partial charge in [-0.25, -0.2) is 17.5 Å².